The molecule has 4 rings (SSSR count). The van der Waals surface area contributed by atoms with Crippen LogP contribution in [0.3, 0.4) is 0 Å². The molecule has 6 heteroatoms. The number of carbonyl (C=O) groups is 2. The van der Waals surface area contributed by atoms with Crippen molar-refractivity contribution in [2.24, 2.45) is 17.8 Å². The van der Waals surface area contributed by atoms with E-state index in [1.807, 2.05) is 48.5 Å². The van der Waals surface area contributed by atoms with Gasteiger partial charge >= 0.3 is 0 Å². The summed E-state index contributed by atoms with van der Waals surface area (Å²) >= 11 is 3.40. The maximum absolute atomic E-state index is 12.6. The fourth-order valence-corrected chi connectivity index (χ4v) is 4.33. The summed E-state index contributed by atoms with van der Waals surface area (Å²) in [6.07, 6.45) is 2.68. The van der Waals surface area contributed by atoms with Crippen LogP contribution in [-0.4, -0.2) is 23.4 Å². The van der Waals surface area contributed by atoms with Crippen LogP contribution >= 0.6 is 15.9 Å². The van der Waals surface area contributed by atoms with E-state index in [2.05, 4.69) is 28.2 Å². The van der Waals surface area contributed by atoms with E-state index in [0.717, 1.165) is 40.9 Å². The van der Waals surface area contributed by atoms with Gasteiger partial charge in [0.15, 0.2) is 0 Å². The standard InChI is InChI=1S/C22H23BrN2O3/c1-14-2-11-19-20(12-14)22(27)25(21(19)26)13-24-16-5-9-18(10-6-16)28-17-7-3-15(23)4-8-17/h3-10,14,19-20,24H,2,11-13H2,1H3. The Morgan fingerprint density at radius 1 is 0.964 bits per heavy atom. The number of ether oxygens (including phenoxy) is 1. The zero-order valence-electron chi connectivity index (χ0n) is 15.7. The van der Waals surface area contributed by atoms with E-state index in [1.54, 1.807) is 0 Å². The van der Waals surface area contributed by atoms with Crippen LogP contribution in [0.4, 0.5) is 5.69 Å². The van der Waals surface area contributed by atoms with Gasteiger partial charge in [-0.2, -0.15) is 0 Å². The van der Waals surface area contributed by atoms with Crippen molar-refractivity contribution in [3.05, 3.63) is 53.0 Å². The number of hydrogen-bond acceptors (Lipinski definition) is 4. The van der Waals surface area contributed by atoms with Crippen molar-refractivity contribution in [2.75, 3.05) is 12.0 Å². The van der Waals surface area contributed by atoms with Crippen LogP contribution in [0.1, 0.15) is 26.2 Å². The number of imide groups is 1. The number of nitrogens with zero attached hydrogens (tertiary/aromatic N) is 1. The highest BCUT2D eigenvalue weighted by Crippen LogP contribution is 2.40. The van der Waals surface area contributed by atoms with Gasteiger partial charge in [-0.25, -0.2) is 0 Å². The molecule has 0 spiro atoms. The predicted molar refractivity (Wildman–Crippen MR) is 111 cm³/mol. The van der Waals surface area contributed by atoms with Crippen molar-refractivity contribution in [1.29, 1.82) is 0 Å². The van der Waals surface area contributed by atoms with Gasteiger partial charge in [0.05, 0.1) is 18.5 Å². The van der Waals surface area contributed by atoms with Gasteiger partial charge in [-0.1, -0.05) is 22.9 Å². The van der Waals surface area contributed by atoms with E-state index in [9.17, 15) is 9.59 Å². The van der Waals surface area contributed by atoms with Crippen molar-refractivity contribution in [3.63, 3.8) is 0 Å². The third-order valence-corrected chi connectivity index (χ3v) is 6.15. The highest BCUT2D eigenvalue weighted by Gasteiger charge is 2.49. The first-order chi connectivity index (χ1) is 13.5. The highest BCUT2D eigenvalue weighted by atomic mass is 79.9. The van der Waals surface area contributed by atoms with E-state index < -0.39 is 0 Å². The molecule has 0 radical (unpaired) electrons. The zero-order valence-corrected chi connectivity index (χ0v) is 17.3. The van der Waals surface area contributed by atoms with Gasteiger partial charge in [-0.15, -0.1) is 0 Å². The predicted octanol–water partition coefficient (Wildman–Crippen LogP) is 5.03. The summed E-state index contributed by atoms with van der Waals surface area (Å²) in [5, 5.41) is 3.19. The molecule has 0 aromatic heterocycles. The number of likely N-dealkylation sites (tertiary alicyclic amines) is 1. The summed E-state index contributed by atoms with van der Waals surface area (Å²) in [6, 6.07) is 15.1. The van der Waals surface area contributed by atoms with Gasteiger partial charge in [0, 0.05) is 10.2 Å². The van der Waals surface area contributed by atoms with Crippen LogP contribution in [0.5, 0.6) is 11.5 Å². The van der Waals surface area contributed by atoms with Gasteiger partial charge in [0.1, 0.15) is 11.5 Å². The molecule has 146 valence electrons. The monoisotopic (exact) mass is 442 g/mol. The van der Waals surface area contributed by atoms with E-state index in [4.69, 9.17) is 4.74 Å². The minimum absolute atomic E-state index is 0.0235. The molecule has 0 bridgehead atoms. The number of rotatable bonds is 5. The van der Waals surface area contributed by atoms with Gasteiger partial charge in [-0.3, -0.25) is 14.5 Å². The van der Waals surface area contributed by atoms with Gasteiger partial charge < -0.3 is 10.1 Å². The number of fused-ring (bicyclic) bond motifs is 1. The molecule has 2 aliphatic rings. The fraction of sp³-hybridized carbons (Fsp3) is 0.364. The Balaban J connectivity index is 1.35. The topological polar surface area (TPSA) is 58.6 Å². The first-order valence-electron chi connectivity index (χ1n) is 9.64. The number of hydrogen-bond donors (Lipinski definition) is 1. The van der Waals surface area contributed by atoms with E-state index >= 15 is 0 Å². The van der Waals surface area contributed by atoms with Crippen molar-refractivity contribution in [2.45, 2.75) is 26.2 Å². The fourth-order valence-electron chi connectivity index (χ4n) is 4.06. The molecule has 5 nitrogen and oxygen atoms in total. The maximum atomic E-state index is 12.6. The number of halogens is 1. The van der Waals surface area contributed by atoms with Crippen LogP contribution in [0.2, 0.25) is 0 Å². The van der Waals surface area contributed by atoms with Crippen molar-refractivity contribution in [1.82, 2.24) is 4.90 Å². The maximum Gasteiger partial charge on any atom is 0.234 e. The lowest BCUT2D eigenvalue weighted by Crippen LogP contribution is -2.35. The van der Waals surface area contributed by atoms with Gasteiger partial charge in [0.25, 0.3) is 0 Å². The molecule has 2 fully saturated rings. The highest BCUT2D eigenvalue weighted by molar-refractivity contribution is 9.10. The second-order valence-corrected chi connectivity index (χ2v) is 8.57. The Labute approximate surface area is 173 Å². The third kappa shape index (κ3) is 3.92. The number of benzene rings is 2. The molecule has 1 aliphatic heterocycles. The number of carbonyl (C=O) groups excluding carboxylic acids is 2. The summed E-state index contributed by atoms with van der Waals surface area (Å²) < 4.78 is 6.81. The molecule has 1 heterocycles. The van der Waals surface area contributed by atoms with Crippen molar-refractivity contribution in [3.8, 4) is 11.5 Å². The van der Waals surface area contributed by atoms with Crippen molar-refractivity contribution >= 4 is 33.4 Å². The van der Waals surface area contributed by atoms with Crippen LogP contribution < -0.4 is 10.1 Å². The smallest absolute Gasteiger partial charge is 0.234 e. The number of anilines is 1. The molecular formula is C22H23BrN2O3. The molecule has 1 saturated carbocycles. The van der Waals surface area contributed by atoms with E-state index in [-0.39, 0.29) is 30.3 Å². The van der Waals surface area contributed by atoms with E-state index in [0.29, 0.717) is 5.92 Å². The third-order valence-electron chi connectivity index (χ3n) is 5.62. The minimum atomic E-state index is -0.125. The SMILES string of the molecule is CC1CCC2C(=O)N(CNc3ccc(Oc4ccc(Br)cc4)cc3)C(=O)C2C1. The molecule has 2 amide bonds. The second-order valence-electron chi connectivity index (χ2n) is 7.65. The Bertz CT molecular complexity index is 866. The lowest BCUT2D eigenvalue weighted by atomic mass is 9.76. The van der Waals surface area contributed by atoms with Crippen LogP contribution in [0.15, 0.2) is 53.0 Å². The summed E-state index contributed by atoms with van der Waals surface area (Å²) in [6.45, 7) is 2.37. The largest absolute Gasteiger partial charge is 0.457 e. The zero-order chi connectivity index (χ0) is 19.7. The molecule has 2 aromatic carbocycles. The number of amides is 2. The first kappa shape index (κ1) is 19.0. The molecule has 3 atom stereocenters. The molecule has 1 N–H and O–H groups in total. The Kier molecular flexibility index (Phi) is 5.40. The summed E-state index contributed by atoms with van der Waals surface area (Å²) in [4.78, 5) is 26.6. The molecule has 2 aromatic rings. The van der Waals surface area contributed by atoms with Crippen LogP contribution in [-0.2, 0) is 9.59 Å². The van der Waals surface area contributed by atoms with Crippen molar-refractivity contribution < 1.29 is 14.3 Å². The molecule has 1 saturated heterocycles. The number of nitrogens with one attached hydrogen (secondary N) is 1. The first-order valence-corrected chi connectivity index (χ1v) is 10.4. The Morgan fingerprint density at radius 3 is 2.25 bits per heavy atom. The minimum Gasteiger partial charge on any atom is -0.457 e. The Morgan fingerprint density at radius 2 is 1.57 bits per heavy atom. The molecule has 3 unspecified atom stereocenters. The van der Waals surface area contributed by atoms with Gasteiger partial charge in [-0.05, 0) is 73.7 Å². The summed E-state index contributed by atoms with van der Waals surface area (Å²) in [7, 11) is 0. The quantitative estimate of drug-likeness (QED) is 0.659. The Hall–Kier alpha value is -2.34. The average Bonchev–Trinajstić information content (AvgIpc) is 2.93. The van der Waals surface area contributed by atoms with Crippen LogP contribution in [0.25, 0.3) is 0 Å². The normalized spacial score (nSPS) is 24.2. The molecule has 1 aliphatic carbocycles. The second kappa shape index (κ2) is 7.95. The van der Waals surface area contributed by atoms with E-state index in [1.165, 1.54) is 4.90 Å². The lowest BCUT2D eigenvalue weighted by Gasteiger charge is -2.25. The summed E-state index contributed by atoms with van der Waals surface area (Å²) in [5.41, 5.74) is 0.840. The molecular weight excluding hydrogens is 420 g/mol. The molecule has 28 heavy (non-hydrogen) atoms. The van der Waals surface area contributed by atoms with Gasteiger partial charge in [0.2, 0.25) is 11.8 Å². The summed E-state index contributed by atoms with van der Waals surface area (Å²) in [5.74, 6) is 1.71. The average molecular weight is 443 g/mol. The van der Waals surface area contributed by atoms with Crippen LogP contribution in [0, 0.1) is 17.8 Å². The lowest BCUT2D eigenvalue weighted by molar-refractivity contribution is -0.139.